The number of nitrogens with zero attached hydrogens (tertiary/aromatic N) is 1. The molecule has 2 rings (SSSR count). The van der Waals surface area contributed by atoms with Crippen LogP contribution in [-0.2, 0) is 20.5 Å². The number of ketones is 1. The third kappa shape index (κ3) is 7.05. The number of Topliss-reactive ketones (excluding diaryl/α,β-unsaturated/α-hetero) is 1. The number of pyridine rings is 1. The molecule has 0 N–H and O–H groups in total. The second kappa shape index (κ2) is 12.0. The third-order valence-corrected chi connectivity index (χ3v) is 5.68. The van der Waals surface area contributed by atoms with Crippen LogP contribution < -0.4 is 9.47 Å². The van der Waals surface area contributed by atoms with Crippen LogP contribution in [0.25, 0.3) is 0 Å². The van der Waals surface area contributed by atoms with Crippen LogP contribution in [0, 0.1) is 11.8 Å². The molecule has 1 aromatic carbocycles. The lowest BCUT2D eigenvalue weighted by Gasteiger charge is -2.25. The number of alkyl halides is 3. The van der Waals surface area contributed by atoms with Crippen molar-refractivity contribution in [2.24, 2.45) is 11.8 Å². The minimum atomic E-state index is -4.55. The number of ether oxygens (including phenoxy) is 3. The number of esters is 2. The number of carbonyl (C=O) groups is 3. The fourth-order valence-corrected chi connectivity index (χ4v) is 3.37. The van der Waals surface area contributed by atoms with E-state index in [1.54, 1.807) is 13.8 Å². The molecular formula is C26H30F3NO6. The summed E-state index contributed by atoms with van der Waals surface area (Å²) >= 11 is 0. The van der Waals surface area contributed by atoms with Gasteiger partial charge in [0, 0.05) is 24.6 Å². The van der Waals surface area contributed by atoms with E-state index in [4.69, 9.17) is 14.2 Å². The van der Waals surface area contributed by atoms with E-state index in [-0.39, 0.29) is 29.2 Å². The van der Waals surface area contributed by atoms with E-state index in [0.717, 1.165) is 6.07 Å². The zero-order valence-electron chi connectivity index (χ0n) is 21.0. The number of rotatable bonds is 10. The molecule has 2 aromatic rings. The smallest absolute Gasteiger partial charge is 0.416 e. The Labute approximate surface area is 208 Å². The maximum Gasteiger partial charge on any atom is 0.416 e. The number of aromatic nitrogens is 1. The molecule has 196 valence electrons. The molecule has 0 bridgehead atoms. The molecule has 0 unspecified atom stereocenters. The van der Waals surface area contributed by atoms with Gasteiger partial charge in [0.2, 0.25) is 5.75 Å². The molecule has 0 fully saturated rings. The second-order valence-electron chi connectivity index (χ2n) is 8.81. The van der Waals surface area contributed by atoms with Crippen LogP contribution >= 0.6 is 0 Å². The Kier molecular flexibility index (Phi) is 9.61. The van der Waals surface area contributed by atoms with Crippen molar-refractivity contribution in [3.8, 4) is 11.5 Å². The van der Waals surface area contributed by atoms with E-state index < -0.39 is 53.3 Å². The molecule has 0 spiro atoms. The highest BCUT2D eigenvalue weighted by Gasteiger charge is 2.36. The van der Waals surface area contributed by atoms with Crippen molar-refractivity contribution in [2.75, 3.05) is 7.11 Å². The van der Waals surface area contributed by atoms with Gasteiger partial charge in [0.25, 0.3) is 0 Å². The summed E-state index contributed by atoms with van der Waals surface area (Å²) in [6.45, 7) is 7.74. The predicted octanol–water partition coefficient (Wildman–Crippen LogP) is 5.61. The lowest BCUT2D eigenvalue weighted by molar-refractivity contribution is -0.153. The van der Waals surface area contributed by atoms with Crippen LogP contribution in [0.1, 0.15) is 68.6 Å². The van der Waals surface area contributed by atoms with Crippen molar-refractivity contribution in [1.29, 1.82) is 0 Å². The molecule has 36 heavy (non-hydrogen) atoms. The summed E-state index contributed by atoms with van der Waals surface area (Å²) in [5.74, 6) is -4.12. The number of methoxy groups -OCH3 is 1. The minimum Gasteiger partial charge on any atom is -0.493 e. The first-order chi connectivity index (χ1) is 16.8. The second-order valence-corrected chi connectivity index (χ2v) is 8.81. The Hall–Kier alpha value is -3.43. The lowest BCUT2D eigenvalue weighted by Crippen LogP contribution is -2.27. The molecule has 0 radical (unpaired) electrons. The molecule has 0 saturated heterocycles. The molecule has 0 aliphatic carbocycles. The Morgan fingerprint density at radius 3 is 2.19 bits per heavy atom. The van der Waals surface area contributed by atoms with E-state index in [1.807, 2.05) is 0 Å². The van der Waals surface area contributed by atoms with Crippen LogP contribution in [0.5, 0.6) is 11.5 Å². The molecule has 1 aromatic heterocycles. The quantitative estimate of drug-likeness (QED) is 0.303. The van der Waals surface area contributed by atoms with Gasteiger partial charge >= 0.3 is 18.1 Å². The van der Waals surface area contributed by atoms with Gasteiger partial charge < -0.3 is 14.2 Å². The Bertz CT molecular complexity index is 1100. The molecule has 7 nitrogen and oxygen atoms in total. The van der Waals surface area contributed by atoms with Crippen LogP contribution in [0.2, 0.25) is 0 Å². The van der Waals surface area contributed by atoms with Gasteiger partial charge in [-0.1, -0.05) is 45.9 Å². The minimum absolute atomic E-state index is 0.00576. The molecule has 0 aliphatic rings. The summed E-state index contributed by atoms with van der Waals surface area (Å²) in [6.07, 6.45) is -4.46. The molecule has 0 aliphatic heterocycles. The summed E-state index contributed by atoms with van der Waals surface area (Å²) in [6, 6.07) is 6.54. The van der Waals surface area contributed by atoms with Crippen molar-refractivity contribution >= 4 is 17.7 Å². The molecular weight excluding hydrogens is 479 g/mol. The van der Waals surface area contributed by atoms with Crippen molar-refractivity contribution in [1.82, 2.24) is 4.98 Å². The first-order valence-corrected chi connectivity index (χ1v) is 11.4. The average Bonchev–Trinajstić information content (AvgIpc) is 2.82. The van der Waals surface area contributed by atoms with Crippen molar-refractivity contribution in [3.05, 3.63) is 53.3 Å². The van der Waals surface area contributed by atoms with Gasteiger partial charge in [0.05, 0.1) is 24.5 Å². The lowest BCUT2D eigenvalue weighted by atomic mass is 9.91. The van der Waals surface area contributed by atoms with Gasteiger partial charge in [-0.25, -0.2) is 4.98 Å². The van der Waals surface area contributed by atoms with Gasteiger partial charge in [0.15, 0.2) is 17.2 Å². The van der Waals surface area contributed by atoms with Gasteiger partial charge in [-0.05, 0) is 18.6 Å². The average molecular weight is 510 g/mol. The van der Waals surface area contributed by atoms with Crippen LogP contribution in [-0.4, -0.2) is 35.9 Å². The summed E-state index contributed by atoms with van der Waals surface area (Å²) in [5.41, 5.74) is -0.967. The summed E-state index contributed by atoms with van der Waals surface area (Å²) in [4.78, 5) is 41.8. The monoisotopic (exact) mass is 509 g/mol. The maximum absolute atomic E-state index is 13.4. The van der Waals surface area contributed by atoms with E-state index in [0.29, 0.717) is 0 Å². The SMILES string of the molecule is COc1ccnc(C(=O)C[C@@H](C)C(=O)O[C@@H](C)[C@@H](C)c2ccccc2C(F)(F)F)c1OC(=O)C(C)C. The van der Waals surface area contributed by atoms with Crippen molar-refractivity contribution in [3.63, 3.8) is 0 Å². The highest BCUT2D eigenvalue weighted by atomic mass is 19.4. The molecule has 0 amide bonds. The van der Waals surface area contributed by atoms with E-state index in [2.05, 4.69) is 4.98 Å². The first kappa shape index (κ1) is 28.8. The standard InChI is InChI=1S/C26H30F3NO6/c1-14(2)24(32)36-23-21(34-6)11-12-30-22(23)20(31)13-15(3)25(33)35-17(5)16(4)18-9-7-8-10-19(18)26(27,28)29/h7-12,14-17H,13H2,1-6H3/t15-,16-,17+/m1/s1. The van der Waals surface area contributed by atoms with Gasteiger partial charge in [0.1, 0.15) is 6.10 Å². The van der Waals surface area contributed by atoms with Gasteiger partial charge in [-0.2, -0.15) is 13.2 Å². The zero-order valence-corrected chi connectivity index (χ0v) is 21.0. The fourth-order valence-electron chi connectivity index (χ4n) is 3.37. The van der Waals surface area contributed by atoms with Crippen LogP contribution in [0.15, 0.2) is 36.5 Å². The highest BCUT2D eigenvalue weighted by Crippen LogP contribution is 2.37. The predicted molar refractivity (Wildman–Crippen MR) is 125 cm³/mol. The number of hydrogen-bond acceptors (Lipinski definition) is 7. The van der Waals surface area contributed by atoms with E-state index >= 15 is 0 Å². The maximum atomic E-state index is 13.4. The third-order valence-electron chi connectivity index (χ3n) is 5.68. The first-order valence-electron chi connectivity index (χ1n) is 11.4. The Balaban J connectivity index is 2.15. The molecule has 10 heteroatoms. The largest absolute Gasteiger partial charge is 0.493 e. The Morgan fingerprint density at radius 1 is 0.972 bits per heavy atom. The van der Waals surface area contributed by atoms with Crippen LogP contribution in [0.4, 0.5) is 13.2 Å². The topological polar surface area (TPSA) is 91.8 Å². The highest BCUT2D eigenvalue weighted by molar-refractivity contribution is 6.00. The number of halogens is 3. The zero-order chi connectivity index (χ0) is 27.2. The van der Waals surface area contributed by atoms with E-state index in [1.165, 1.54) is 58.3 Å². The van der Waals surface area contributed by atoms with Crippen LogP contribution in [0.3, 0.4) is 0 Å². The normalized spacial score (nSPS) is 14.1. The molecule has 3 atom stereocenters. The summed E-state index contributed by atoms with van der Waals surface area (Å²) in [7, 11) is 1.34. The van der Waals surface area contributed by atoms with Gasteiger partial charge in [-0.3, -0.25) is 14.4 Å². The van der Waals surface area contributed by atoms with Crippen molar-refractivity contribution in [2.45, 2.75) is 59.2 Å². The molecule has 0 saturated carbocycles. The van der Waals surface area contributed by atoms with Crippen molar-refractivity contribution < 1.29 is 41.8 Å². The number of hydrogen-bond donors (Lipinski definition) is 0. The summed E-state index contributed by atoms with van der Waals surface area (Å²) in [5, 5.41) is 0. The number of carbonyl (C=O) groups excluding carboxylic acids is 3. The van der Waals surface area contributed by atoms with Gasteiger partial charge in [-0.15, -0.1) is 0 Å². The Morgan fingerprint density at radius 2 is 1.61 bits per heavy atom. The molecule has 1 heterocycles. The fraction of sp³-hybridized carbons (Fsp3) is 0.462. The summed E-state index contributed by atoms with van der Waals surface area (Å²) < 4.78 is 56.1. The van der Waals surface area contributed by atoms with E-state index in [9.17, 15) is 27.6 Å². The number of benzene rings is 1.